The van der Waals surface area contributed by atoms with Gasteiger partial charge < -0.3 is 15.0 Å². The summed E-state index contributed by atoms with van der Waals surface area (Å²) in [5, 5.41) is 7.54. The molecule has 3 rings (SSSR count). The van der Waals surface area contributed by atoms with Crippen molar-refractivity contribution in [2.75, 3.05) is 27.2 Å². The smallest absolute Gasteiger partial charge is 0.255 e. The van der Waals surface area contributed by atoms with Crippen LogP contribution in [0, 0.1) is 12.3 Å². The normalized spacial score (nSPS) is 11.8. The molecule has 0 atom stereocenters. The Hall–Kier alpha value is -2.93. The number of carbonyl (C=O) groups is 1. The number of hydrogen-bond acceptors (Lipinski definition) is 5. The minimum absolute atomic E-state index is 0.0347. The Labute approximate surface area is 171 Å². The third kappa shape index (κ3) is 5.32. The van der Waals surface area contributed by atoms with E-state index in [-0.39, 0.29) is 11.3 Å². The summed E-state index contributed by atoms with van der Waals surface area (Å²) in [5.74, 6) is 0.552. The van der Waals surface area contributed by atoms with Gasteiger partial charge in [-0.1, -0.05) is 19.9 Å². The topological polar surface area (TPSA) is 71.8 Å². The summed E-state index contributed by atoms with van der Waals surface area (Å²) in [6, 6.07) is 9.40. The average Bonchev–Trinajstić information content (AvgIpc) is 2.99. The van der Waals surface area contributed by atoms with E-state index in [1.54, 1.807) is 10.7 Å². The molecule has 3 aromatic rings. The Morgan fingerprint density at radius 1 is 1.28 bits per heavy atom. The highest BCUT2D eigenvalue weighted by Gasteiger charge is 2.23. The molecule has 0 bridgehead atoms. The van der Waals surface area contributed by atoms with Crippen LogP contribution in [-0.2, 0) is 6.61 Å². The van der Waals surface area contributed by atoms with E-state index in [2.05, 4.69) is 34.1 Å². The largest absolute Gasteiger partial charge is 0.487 e. The zero-order valence-corrected chi connectivity index (χ0v) is 17.8. The number of pyridine rings is 2. The van der Waals surface area contributed by atoms with E-state index in [9.17, 15) is 4.79 Å². The predicted molar refractivity (Wildman–Crippen MR) is 113 cm³/mol. The number of carbonyl (C=O) groups excluding carboxylic acids is 1. The zero-order chi connectivity index (χ0) is 21.0. The predicted octanol–water partition coefficient (Wildman–Crippen LogP) is 2.93. The van der Waals surface area contributed by atoms with Crippen LogP contribution in [0.1, 0.15) is 35.6 Å². The summed E-state index contributed by atoms with van der Waals surface area (Å²) in [4.78, 5) is 19.3. The SMILES string of the molecule is Cc1nn2ccc(OCc3ccccn3)cc2c1C(=O)NCC(C)(C)CN(C)C. The number of hydrogen-bond donors (Lipinski definition) is 1. The van der Waals surface area contributed by atoms with Gasteiger partial charge in [-0.05, 0) is 44.6 Å². The van der Waals surface area contributed by atoms with Gasteiger partial charge in [-0.3, -0.25) is 9.78 Å². The highest BCUT2D eigenvalue weighted by atomic mass is 16.5. The van der Waals surface area contributed by atoms with Crippen molar-refractivity contribution in [2.24, 2.45) is 5.41 Å². The summed E-state index contributed by atoms with van der Waals surface area (Å²) in [7, 11) is 4.07. The maximum atomic E-state index is 12.9. The van der Waals surface area contributed by atoms with Gasteiger partial charge in [0, 0.05) is 31.5 Å². The van der Waals surface area contributed by atoms with Gasteiger partial charge in [0.1, 0.15) is 12.4 Å². The molecule has 0 aromatic carbocycles. The third-order valence-electron chi connectivity index (χ3n) is 4.59. The van der Waals surface area contributed by atoms with E-state index in [0.29, 0.717) is 30.2 Å². The first kappa shape index (κ1) is 20.8. The van der Waals surface area contributed by atoms with Crippen LogP contribution >= 0.6 is 0 Å². The van der Waals surface area contributed by atoms with E-state index in [0.717, 1.165) is 17.8 Å². The van der Waals surface area contributed by atoms with Gasteiger partial charge in [-0.25, -0.2) is 4.52 Å². The van der Waals surface area contributed by atoms with Gasteiger partial charge in [-0.15, -0.1) is 0 Å². The fourth-order valence-electron chi connectivity index (χ4n) is 3.48. The van der Waals surface area contributed by atoms with Crippen molar-refractivity contribution in [3.8, 4) is 5.75 Å². The fourth-order valence-corrected chi connectivity index (χ4v) is 3.48. The van der Waals surface area contributed by atoms with Crippen molar-refractivity contribution in [3.63, 3.8) is 0 Å². The van der Waals surface area contributed by atoms with Crippen molar-refractivity contribution >= 4 is 11.4 Å². The summed E-state index contributed by atoms with van der Waals surface area (Å²) < 4.78 is 7.57. The Bertz CT molecular complexity index is 980. The number of amides is 1. The number of aryl methyl sites for hydroxylation is 1. The third-order valence-corrected chi connectivity index (χ3v) is 4.59. The molecule has 0 aliphatic heterocycles. The first-order valence-corrected chi connectivity index (χ1v) is 9.70. The molecule has 29 heavy (non-hydrogen) atoms. The average molecular weight is 396 g/mol. The highest BCUT2D eigenvalue weighted by Crippen LogP contribution is 2.22. The highest BCUT2D eigenvalue weighted by molar-refractivity contribution is 6.02. The molecule has 0 saturated carbocycles. The van der Waals surface area contributed by atoms with Gasteiger partial charge in [0.15, 0.2) is 0 Å². The molecule has 0 aliphatic carbocycles. The lowest BCUT2D eigenvalue weighted by molar-refractivity contribution is 0.0930. The molecule has 1 N–H and O–H groups in total. The number of rotatable bonds is 8. The molecule has 0 saturated heterocycles. The van der Waals surface area contributed by atoms with Crippen molar-refractivity contribution in [1.82, 2.24) is 24.8 Å². The molecule has 1 amide bonds. The van der Waals surface area contributed by atoms with Crippen LogP contribution in [0.15, 0.2) is 42.7 Å². The minimum atomic E-state index is -0.119. The number of nitrogens with zero attached hydrogens (tertiary/aromatic N) is 4. The summed E-state index contributed by atoms with van der Waals surface area (Å²) in [6.07, 6.45) is 3.55. The van der Waals surface area contributed by atoms with Gasteiger partial charge in [0.2, 0.25) is 0 Å². The van der Waals surface area contributed by atoms with Crippen LogP contribution in [0.3, 0.4) is 0 Å². The van der Waals surface area contributed by atoms with Crippen LogP contribution in [0.5, 0.6) is 5.75 Å². The second-order valence-electron chi connectivity index (χ2n) is 8.35. The molecule has 154 valence electrons. The van der Waals surface area contributed by atoms with E-state index in [1.165, 1.54) is 0 Å². The van der Waals surface area contributed by atoms with Crippen LogP contribution in [0.25, 0.3) is 5.52 Å². The second kappa shape index (κ2) is 8.61. The Balaban J connectivity index is 1.76. The van der Waals surface area contributed by atoms with Crippen LogP contribution in [-0.4, -0.2) is 52.6 Å². The first-order valence-electron chi connectivity index (χ1n) is 9.70. The van der Waals surface area contributed by atoms with Crippen molar-refractivity contribution in [1.29, 1.82) is 0 Å². The Morgan fingerprint density at radius 3 is 2.76 bits per heavy atom. The van der Waals surface area contributed by atoms with Crippen molar-refractivity contribution in [3.05, 3.63) is 59.7 Å². The summed E-state index contributed by atoms with van der Waals surface area (Å²) >= 11 is 0. The minimum Gasteiger partial charge on any atom is -0.487 e. The maximum Gasteiger partial charge on any atom is 0.255 e. The molecule has 0 spiro atoms. The lowest BCUT2D eigenvalue weighted by Crippen LogP contribution is -2.40. The number of aromatic nitrogens is 3. The van der Waals surface area contributed by atoms with Gasteiger partial charge in [0.05, 0.1) is 22.5 Å². The molecule has 7 nitrogen and oxygen atoms in total. The molecule has 0 fully saturated rings. The first-order chi connectivity index (χ1) is 13.7. The zero-order valence-electron chi connectivity index (χ0n) is 17.8. The fraction of sp³-hybridized carbons (Fsp3) is 0.409. The number of nitrogens with one attached hydrogen (secondary N) is 1. The summed E-state index contributed by atoms with van der Waals surface area (Å²) in [6.45, 7) is 7.95. The second-order valence-corrected chi connectivity index (χ2v) is 8.35. The lowest BCUT2D eigenvalue weighted by atomic mass is 9.93. The lowest BCUT2D eigenvalue weighted by Gasteiger charge is -2.28. The molecular formula is C22H29N5O2. The molecule has 3 aromatic heterocycles. The molecule has 0 unspecified atom stereocenters. The van der Waals surface area contributed by atoms with E-state index in [1.807, 2.05) is 57.5 Å². The molecule has 0 radical (unpaired) electrons. The van der Waals surface area contributed by atoms with E-state index < -0.39 is 0 Å². The van der Waals surface area contributed by atoms with Crippen LogP contribution in [0.2, 0.25) is 0 Å². The summed E-state index contributed by atoms with van der Waals surface area (Å²) in [5.41, 5.74) is 2.80. The van der Waals surface area contributed by atoms with Gasteiger partial charge in [0.25, 0.3) is 5.91 Å². The van der Waals surface area contributed by atoms with E-state index >= 15 is 0 Å². The van der Waals surface area contributed by atoms with Gasteiger partial charge in [-0.2, -0.15) is 5.10 Å². The number of fused-ring (bicyclic) bond motifs is 1. The molecule has 3 heterocycles. The molecule has 7 heteroatoms. The van der Waals surface area contributed by atoms with Crippen LogP contribution in [0.4, 0.5) is 0 Å². The maximum absolute atomic E-state index is 12.9. The molecule has 0 aliphatic rings. The quantitative estimate of drug-likeness (QED) is 0.635. The van der Waals surface area contributed by atoms with Crippen molar-refractivity contribution in [2.45, 2.75) is 27.4 Å². The van der Waals surface area contributed by atoms with E-state index in [4.69, 9.17) is 4.74 Å². The Kier molecular flexibility index (Phi) is 6.17. The van der Waals surface area contributed by atoms with Crippen molar-refractivity contribution < 1.29 is 9.53 Å². The monoisotopic (exact) mass is 395 g/mol. The van der Waals surface area contributed by atoms with Crippen LogP contribution < -0.4 is 10.1 Å². The van der Waals surface area contributed by atoms with Gasteiger partial charge >= 0.3 is 0 Å². The standard InChI is InChI=1S/C22H29N5O2/c1-16-20(21(28)24-14-22(2,3)15-26(4)5)19-12-18(9-11-27(19)25-16)29-13-17-8-6-7-10-23-17/h6-12H,13-15H2,1-5H3,(H,24,28). The Morgan fingerprint density at radius 2 is 2.07 bits per heavy atom. The number of ether oxygens (including phenoxy) is 1. The molecular weight excluding hydrogens is 366 g/mol.